The fraction of sp³-hybridized carbons (Fsp3) is 0.100. The molecule has 3 aromatic rings. The van der Waals surface area contributed by atoms with Gasteiger partial charge >= 0.3 is 0 Å². The Morgan fingerprint density at radius 2 is 1.67 bits per heavy atom. The third-order valence-electron chi connectivity index (χ3n) is 3.59. The molecule has 0 aromatic heterocycles. The summed E-state index contributed by atoms with van der Waals surface area (Å²) in [6.07, 6.45) is 0. The molecule has 0 aliphatic rings. The molecule has 0 bridgehead atoms. The maximum Gasteiger partial charge on any atom is 0.124 e. The molecular formula is C20H17BrClNO. The summed E-state index contributed by atoms with van der Waals surface area (Å²) in [7, 11) is 0. The number of nitrogens with one attached hydrogen (secondary N) is 1. The topological polar surface area (TPSA) is 21.3 Å². The lowest BCUT2D eigenvalue weighted by Crippen LogP contribution is -2.03. The first-order valence-corrected chi connectivity index (χ1v) is 8.82. The van der Waals surface area contributed by atoms with E-state index in [1.165, 1.54) is 0 Å². The smallest absolute Gasteiger partial charge is 0.124 e. The van der Waals surface area contributed by atoms with Crippen molar-refractivity contribution in [3.63, 3.8) is 0 Å². The second kappa shape index (κ2) is 8.22. The lowest BCUT2D eigenvalue weighted by atomic mass is 10.2. The van der Waals surface area contributed by atoms with Gasteiger partial charge in [-0.3, -0.25) is 0 Å². The second-order valence-electron chi connectivity index (χ2n) is 5.39. The summed E-state index contributed by atoms with van der Waals surface area (Å²) in [4.78, 5) is 0. The fourth-order valence-electron chi connectivity index (χ4n) is 2.33. The van der Waals surface area contributed by atoms with E-state index in [-0.39, 0.29) is 0 Å². The summed E-state index contributed by atoms with van der Waals surface area (Å²) in [5.41, 5.74) is 3.26. The highest BCUT2D eigenvalue weighted by Gasteiger charge is 2.06. The van der Waals surface area contributed by atoms with Crippen molar-refractivity contribution in [1.82, 2.24) is 0 Å². The molecule has 2 nitrogen and oxygen atoms in total. The maximum absolute atomic E-state index is 6.00. The van der Waals surface area contributed by atoms with Crippen LogP contribution in [0.15, 0.2) is 77.3 Å². The van der Waals surface area contributed by atoms with E-state index in [0.29, 0.717) is 13.2 Å². The Hall–Kier alpha value is -1.97. The zero-order chi connectivity index (χ0) is 16.8. The first-order chi connectivity index (χ1) is 11.7. The van der Waals surface area contributed by atoms with Crippen LogP contribution >= 0.6 is 27.5 Å². The molecular weight excluding hydrogens is 386 g/mol. The molecule has 0 aliphatic heterocycles. The minimum Gasteiger partial charge on any atom is -0.489 e. The maximum atomic E-state index is 6.00. The summed E-state index contributed by atoms with van der Waals surface area (Å²) in [5, 5.41) is 4.13. The third kappa shape index (κ3) is 4.76. The summed E-state index contributed by atoms with van der Waals surface area (Å²) in [5.74, 6) is 0.878. The zero-order valence-electron chi connectivity index (χ0n) is 13.0. The van der Waals surface area contributed by atoms with Crippen LogP contribution in [0.3, 0.4) is 0 Å². The summed E-state index contributed by atoms with van der Waals surface area (Å²) < 4.78 is 7.03. The van der Waals surface area contributed by atoms with Gasteiger partial charge in [0.05, 0.1) is 0 Å². The van der Waals surface area contributed by atoms with E-state index in [9.17, 15) is 0 Å². The predicted octanol–water partition coefficient (Wildman–Crippen LogP) is 6.29. The lowest BCUT2D eigenvalue weighted by Gasteiger charge is -2.14. The normalized spacial score (nSPS) is 10.4. The fourth-order valence-corrected chi connectivity index (χ4v) is 2.86. The van der Waals surface area contributed by atoms with Gasteiger partial charge in [-0.05, 0) is 48.0 Å². The van der Waals surface area contributed by atoms with Gasteiger partial charge in [0.15, 0.2) is 0 Å². The Morgan fingerprint density at radius 1 is 0.917 bits per heavy atom. The van der Waals surface area contributed by atoms with Crippen LogP contribution in [-0.2, 0) is 13.2 Å². The first-order valence-electron chi connectivity index (χ1n) is 7.65. The number of anilines is 1. The van der Waals surface area contributed by atoms with Crippen LogP contribution in [0.4, 0.5) is 5.69 Å². The van der Waals surface area contributed by atoms with Crippen molar-refractivity contribution >= 4 is 33.2 Å². The molecule has 0 spiro atoms. The molecule has 0 aliphatic carbocycles. The largest absolute Gasteiger partial charge is 0.489 e. The van der Waals surface area contributed by atoms with Crippen molar-refractivity contribution in [2.24, 2.45) is 0 Å². The minimum absolute atomic E-state index is 0.552. The van der Waals surface area contributed by atoms with Crippen molar-refractivity contribution in [2.45, 2.75) is 13.2 Å². The molecule has 0 atom stereocenters. The highest BCUT2D eigenvalue weighted by Crippen LogP contribution is 2.25. The van der Waals surface area contributed by atoms with Crippen LogP contribution in [0.1, 0.15) is 11.1 Å². The molecule has 24 heavy (non-hydrogen) atoms. The Balaban J connectivity index is 1.69. The van der Waals surface area contributed by atoms with Crippen LogP contribution < -0.4 is 10.1 Å². The minimum atomic E-state index is 0.552. The van der Waals surface area contributed by atoms with Gasteiger partial charge in [0.1, 0.15) is 12.4 Å². The Kier molecular flexibility index (Phi) is 5.78. The Bertz CT molecular complexity index is 790. The number of benzene rings is 3. The van der Waals surface area contributed by atoms with E-state index in [1.54, 1.807) is 0 Å². The van der Waals surface area contributed by atoms with Crippen molar-refractivity contribution in [1.29, 1.82) is 0 Å². The molecule has 0 saturated carbocycles. The molecule has 0 unspecified atom stereocenters. The van der Waals surface area contributed by atoms with Gasteiger partial charge < -0.3 is 10.1 Å². The molecule has 0 saturated heterocycles. The standard InChI is InChI=1S/C20H17BrClNO/c21-17-6-11-20(24-14-15-4-2-1-3-5-15)16(12-17)13-23-19-9-7-18(22)8-10-19/h1-12,23H,13-14H2. The van der Waals surface area contributed by atoms with Gasteiger partial charge in [-0.1, -0.05) is 57.9 Å². The Morgan fingerprint density at radius 3 is 2.42 bits per heavy atom. The summed E-state index contributed by atoms with van der Waals surface area (Å²) in [6.45, 7) is 1.22. The number of hydrogen-bond acceptors (Lipinski definition) is 2. The predicted molar refractivity (Wildman–Crippen MR) is 104 cm³/mol. The molecule has 4 heteroatoms. The molecule has 122 valence electrons. The van der Waals surface area contributed by atoms with E-state index in [2.05, 4.69) is 39.4 Å². The van der Waals surface area contributed by atoms with E-state index < -0.39 is 0 Å². The molecule has 0 heterocycles. The van der Waals surface area contributed by atoms with E-state index in [0.717, 1.165) is 32.1 Å². The average Bonchev–Trinajstić information content (AvgIpc) is 2.61. The van der Waals surface area contributed by atoms with Gasteiger partial charge in [0.2, 0.25) is 0 Å². The number of ether oxygens (including phenoxy) is 1. The van der Waals surface area contributed by atoms with Gasteiger partial charge in [-0.15, -0.1) is 0 Å². The van der Waals surface area contributed by atoms with Crippen LogP contribution in [0.25, 0.3) is 0 Å². The van der Waals surface area contributed by atoms with Gasteiger partial charge in [0.25, 0.3) is 0 Å². The Labute approximate surface area is 155 Å². The van der Waals surface area contributed by atoms with Crippen molar-refractivity contribution in [3.8, 4) is 5.75 Å². The monoisotopic (exact) mass is 401 g/mol. The van der Waals surface area contributed by atoms with Crippen LogP contribution in [0, 0.1) is 0 Å². The highest BCUT2D eigenvalue weighted by atomic mass is 79.9. The van der Waals surface area contributed by atoms with Crippen molar-refractivity contribution < 1.29 is 4.74 Å². The molecule has 0 radical (unpaired) electrons. The van der Waals surface area contributed by atoms with Crippen molar-refractivity contribution in [2.75, 3.05) is 5.32 Å². The van der Waals surface area contributed by atoms with Gasteiger partial charge in [0, 0.05) is 27.3 Å². The second-order valence-corrected chi connectivity index (χ2v) is 6.74. The molecule has 3 aromatic carbocycles. The average molecular weight is 403 g/mol. The molecule has 0 fully saturated rings. The van der Waals surface area contributed by atoms with Crippen LogP contribution in [-0.4, -0.2) is 0 Å². The molecule has 0 amide bonds. The summed E-state index contributed by atoms with van der Waals surface area (Å²) in [6, 6.07) is 23.9. The lowest BCUT2D eigenvalue weighted by molar-refractivity contribution is 0.303. The van der Waals surface area contributed by atoms with Gasteiger partial charge in [-0.25, -0.2) is 0 Å². The van der Waals surface area contributed by atoms with Gasteiger partial charge in [-0.2, -0.15) is 0 Å². The number of hydrogen-bond donors (Lipinski definition) is 1. The van der Waals surface area contributed by atoms with E-state index in [4.69, 9.17) is 16.3 Å². The van der Waals surface area contributed by atoms with Crippen LogP contribution in [0.5, 0.6) is 5.75 Å². The molecule has 1 N–H and O–H groups in total. The first kappa shape index (κ1) is 16.9. The number of halogens is 2. The quantitative estimate of drug-likeness (QED) is 0.523. The third-order valence-corrected chi connectivity index (χ3v) is 4.33. The van der Waals surface area contributed by atoms with Crippen molar-refractivity contribution in [3.05, 3.63) is 93.4 Å². The SMILES string of the molecule is Clc1ccc(NCc2cc(Br)ccc2OCc2ccccc2)cc1. The molecule has 3 rings (SSSR count). The van der Waals surface area contributed by atoms with E-state index in [1.807, 2.05) is 54.6 Å². The van der Waals surface area contributed by atoms with E-state index >= 15 is 0 Å². The summed E-state index contributed by atoms with van der Waals surface area (Å²) >= 11 is 9.45. The van der Waals surface area contributed by atoms with Crippen LogP contribution in [0.2, 0.25) is 5.02 Å². The highest BCUT2D eigenvalue weighted by molar-refractivity contribution is 9.10. The zero-order valence-corrected chi connectivity index (χ0v) is 15.3. The number of rotatable bonds is 6.